The molecule has 0 fully saturated rings. The van der Waals surface area contributed by atoms with E-state index in [1.54, 1.807) is 6.26 Å². The molecule has 0 saturated carbocycles. The Bertz CT molecular complexity index is 812. The molecule has 0 unspecified atom stereocenters. The van der Waals surface area contributed by atoms with Crippen molar-refractivity contribution in [1.82, 2.24) is 4.98 Å². The fourth-order valence-electron chi connectivity index (χ4n) is 2.47. The highest BCUT2D eigenvalue weighted by Crippen LogP contribution is 2.27. The molecule has 3 aromatic rings. The molecule has 0 N–H and O–H groups in total. The summed E-state index contributed by atoms with van der Waals surface area (Å²) in [4.78, 5) is 4.26. The fourth-order valence-corrected chi connectivity index (χ4v) is 2.47. The zero-order valence-corrected chi connectivity index (χ0v) is 9.05. The summed E-state index contributed by atoms with van der Waals surface area (Å²) in [6.45, 7) is 0. The van der Waals surface area contributed by atoms with Crippen LogP contribution < -0.4 is 9.96 Å². The van der Waals surface area contributed by atoms with Crippen LogP contribution in [0.3, 0.4) is 0 Å². The Morgan fingerprint density at radius 2 is 2.00 bits per heavy atom. The van der Waals surface area contributed by atoms with Crippen molar-refractivity contribution < 1.29 is 4.74 Å². The quantitative estimate of drug-likeness (QED) is 0.580. The molecule has 17 heavy (non-hydrogen) atoms. The van der Waals surface area contributed by atoms with Crippen molar-refractivity contribution in [2.45, 2.75) is 0 Å². The van der Waals surface area contributed by atoms with Gasteiger partial charge in [0.2, 0.25) is 0 Å². The van der Waals surface area contributed by atoms with Crippen molar-refractivity contribution in [3.8, 4) is 5.75 Å². The second kappa shape index (κ2) is 3.08. The minimum Gasteiger partial charge on any atom is -0.464 e. The Kier molecular flexibility index (Phi) is 1.59. The Hall–Kier alpha value is -2.35. The summed E-state index contributed by atoms with van der Waals surface area (Å²) >= 11 is 0. The predicted molar refractivity (Wildman–Crippen MR) is 68.7 cm³/mol. The molecule has 1 aromatic heterocycles. The monoisotopic (exact) mass is 219 g/mol. The van der Waals surface area contributed by atoms with Gasteiger partial charge in [0, 0.05) is 33.8 Å². The van der Waals surface area contributed by atoms with E-state index in [1.807, 2.05) is 18.5 Å². The number of ether oxygens (including phenoxy) is 1. The van der Waals surface area contributed by atoms with Crippen LogP contribution in [-0.4, -0.2) is 4.98 Å². The second-order valence-corrected chi connectivity index (χ2v) is 4.17. The second-order valence-electron chi connectivity index (χ2n) is 4.17. The van der Waals surface area contributed by atoms with Gasteiger partial charge < -0.3 is 4.74 Å². The highest BCUT2D eigenvalue weighted by molar-refractivity contribution is 6.10. The summed E-state index contributed by atoms with van der Waals surface area (Å²) in [5.41, 5.74) is 0. The van der Waals surface area contributed by atoms with E-state index in [-0.39, 0.29) is 0 Å². The third-order valence-corrected chi connectivity index (χ3v) is 3.19. The van der Waals surface area contributed by atoms with Gasteiger partial charge in [-0.3, -0.25) is 4.98 Å². The normalized spacial score (nSPS) is 13.4. The van der Waals surface area contributed by atoms with E-state index >= 15 is 0 Å². The van der Waals surface area contributed by atoms with Gasteiger partial charge in [-0.1, -0.05) is 18.2 Å². The van der Waals surface area contributed by atoms with Gasteiger partial charge in [-0.05, 0) is 23.6 Å². The van der Waals surface area contributed by atoms with Gasteiger partial charge in [-0.15, -0.1) is 0 Å². The van der Waals surface area contributed by atoms with Crippen molar-refractivity contribution in [2.24, 2.45) is 0 Å². The van der Waals surface area contributed by atoms with Crippen molar-refractivity contribution in [2.75, 3.05) is 0 Å². The third kappa shape index (κ3) is 1.12. The number of hydrogen-bond acceptors (Lipinski definition) is 2. The number of allylic oxidation sites excluding steroid dienone is 1. The number of nitrogens with zero attached hydrogens (tertiary/aromatic N) is 1. The molecule has 1 aliphatic heterocycles. The molecule has 0 bridgehead atoms. The van der Waals surface area contributed by atoms with Gasteiger partial charge in [0.1, 0.15) is 5.75 Å². The van der Waals surface area contributed by atoms with Gasteiger partial charge in [0.15, 0.2) is 0 Å². The maximum atomic E-state index is 5.55. The molecule has 0 atom stereocenters. The summed E-state index contributed by atoms with van der Waals surface area (Å²) < 4.78 is 5.55. The van der Waals surface area contributed by atoms with Crippen molar-refractivity contribution in [1.29, 1.82) is 0 Å². The van der Waals surface area contributed by atoms with E-state index in [0.29, 0.717) is 0 Å². The van der Waals surface area contributed by atoms with Gasteiger partial charge >= 0.3 is 0 Å². The molecule has 0 aliphatic carbocycles. The Morgan fingerprint density at radius 1 is 1.06 bits per heavy atom. The summed E-state index contributed by atoms with van der Waals surface area (Å²) in [6, 6.07) is 8.34. The average Bonchev–Trinajstić information content (AvgIpc) is 2.39. The molecule has 2 aromatic carbocycles. The van der Waals surface area contributed by atoms with Gasteiger partial charge in [0.25, 0.3) is 0 Å². The van der Waals surface area contributed by atoms with Crippen LogP contribution in [0.2, 0.25) is 0 Å². The zero-order chi connectivity index (χ0) is 11.2. The lowest BCUT2D eigenvalue weighted by atomic mass is 10.00. The molecule has 0 saturated heterocycles. The van der Waals surface area contributed by atoms with Crippen LogP contribution in [0.15, 0.2) is 49.0 Å². The number of rotatable bonds is 0. The summed E-state index contributed by atoms with van der Waals surface area (Å²) in [6.07, 6.45) is 9.51. The lowest BCUT2D eigenvalue weighted by molar-refractivity contribution is 0.476. The first-order valence-electron chi connectivity index (χ1n) is 5.56. The lowest BCUT2D eigenvalue weighted by Crippen LogP contribution is -2.09. The average molecular weight is 219 g/mol. The molecular formula is C15H9NO. The fraction of sp³-hybridized carbons (Fsp3) is 0. The maximum absolute atomic E-state index is 5.55. The third-order valence-electron chi connectivity index (χ3n) is 3.19. The molecule has 2 nitrogen and oxygen atoms in total. The molecular weight excluding hydrogens is 210 g/mol. The van der Waals surface area contributed by atoms with E-state index < -0.39 is 0 Å². The number of pyridine rings is 1. The summed E-state index contributed by atoms with van der Waals surface area (Å²) in [7, 11) is 0. The molecule has 0 radical (unpaired) electrons. The van der Waals surface area contributed by atoms with Crippen molar-refractivity contribution in [3.63, 3.8) is 0 Å². The molecule has 4 rings (SSSR count). The number of fused-ring (bicyclic) bond motifs is 2. The number of aromatic nitrogens is 1. The van der Waals surface area contributed by atoms with Crippen LogP contribution >= 0.6 is 0 Å². The largest absolute Gasteiger partial charge is 0.464 e. The standard InChI is InChI=1S/C15H9NO/c1-3-10-8-16-9-11-7-14-12(5-2-6-17-14)13(4-1)15(10)11/h1-9H. The van der Waals surface area contributed by atoms with Gasteiger partial charge in [0.05, 0.1) is 6.26 Å². The van der Waals surface area contributed by atoms with Crippen LogP contribution in [-0.2, 0) is 0 Å². The molecule has 0 spiro atoms. The smallest absolute Gasteiger partial charge is 0.135 e. The minimum absolute atomic E-state index is 0.903. The predicted octanol–water partition coefficient (Wildman–Crippen LogP) is 2.79. The molecule has 2 heterocycles. The van der Waals surface area contributed by atoms with Gasteiger partial charge in [-0.2, -0.15) is 0 Å². The van der Waals surface area contributed by atoms with E-state index in [0.717, 1.165) is 16.4 Å². The maximum Gasteiger partial charge on any atom is 0.135 e. The van der Waals surface area contributed by atoms with Crippen LogP contribution in [0.5, 0.6) is 5.75 Å². The molecule has 2 heteroatoms. The number of hydrogen-bond donors (Lipinski definition) is 0. The van der Waals surface area contributed by atoms with Gasteiger partial charge in [-0.25, -0.2) is 0 Å². The SMILES string of the molecule is C1=COc2cc3cncc4cccc(c2=C1)c43. The van der Waals surface area contributed by atoms with Crippen LogP contribution in [0, 0.1) is 0 Å². The van der Waals surface area contributed by atoms with Crippen molar-refractivity contribution >= 4 is 27.6 Å². The van der Waals surface area contributed by atoms with E-state index in [2.05, 4.69) is 35.3 Å². The molecule has 0 amide bonds. The Balaban J connectivity index is 2.38. The van der Waals surface area contributed by atoms with E-state index in [9.17, 15) is 0 Å². The summed E-state index contributed by atoms with van der Waals surface area (Å²) in [5.74, 6) is 0.903. The highest BCUT2D eigenvalue weighted by atomic mass is 16.5. The van der Waals surface area contributed by atoms with Crippen LogP contribution in [0.25, 0.3) is 27.6 Å². The number of benzene rings is 2. The first-order chi connectivity index (χ1) is 8.43. The Morgan fingerprint density at radius 3 is 3.00 bits per heavy atom. The molecule has 80 valence electrons. The van der Waals surface area contributed by atoms with E-state index in [4.69, 9.17) is 4.74 Å². The minimum atomic E-state index is 0.903. The summed E-state index contributed by atoms with van der Waals surface area (Å²) in [5, 5.41) is 5.93. The van der Waals surface area contributed by atoms with Crippen molar-refractivity contribution in [3.05, 3.63) is 54.2 Å². The van der Waals surface area contributed by atoms with Crippen LogP contribution in [0.1, 0.15) is 0 Å². The highest BCUT2D eigenvalue weighted by Gasteiger charge is 2.09. The first kappa shape index (κ1) is 8.76. The topological polar surface area (TPSA) is 22.1 Å². The zero-order valence-electron chi connectivity index (χ0n) is 9.05. The van der Waals surface area contributed by atoms with E-state index in [1.165, 1.54) is 16.2 Å². The first-order valence-corrected chi connectivity index (χ1v) is 5.56. The van der Waals surface area contributed by atoms with Crippen LogP contribution in [0.4, 0.5) is 0 Å². The Labute approximate surface area is 97.8 Å². The molecule has 1 aliphatic rings. The lowest BCUT2D eigenvalue weighted by Gasteiger charge is -2.11.